The third kappa shape index (κ3) is 3.78. The Morgan fingerprint density at radius 3 is 2.48 bits per heavy atom. The molecule has 0 amide bonds. The third-order valence-electron chi connectivity index (χ3n) is 5.36. The van der Waals surface area contributed by atoms with Crippen molar-refractivity contribution >= 4 is 32.5 Å². The Balaban J connectivity index is 1.60. The first-order valence-corrected chi connectivity index (χ1v) is 12.0. The lowest BCUT2D eigenvalue weighted by atomic mass is 10.1. The van der Waals surface area contributed by atoms with Gasteiger partial charge < -0.3 is 4.90 Å². The van der Waals surface area contributed by atoms with E-state index in [-0.39, 0.29) is 23.6 Å². The number of nitrogens with zero attached hydrogens (tertiary/aromatic N) is 2. The Morgan fingerprint density at radius 1 is 1.04 bits per heavy atom. The summed E-state index contributed by atoms with van der Waals surface area (Å²) >= 11 is 1.70. The molecule has 0 radical (unpaired) electrons. The van der Waals surface area contributed by atoms with Gasteiger partial charge in [0, 0.05) is 11.4 Å². The molecule has 0 aromatic heterocycles. The zero-order valence-electron chi connectivity index (χ0n) is 15.8. The zero-order chi connectivity index (χ0) is 19.2. The van der Waals surface area contributed by atoms with E-state index in [1.54, 1.807) is 11.8 Å². The molecule has 2 heterocycles. The van der Waals surface area contributed by atoms with Crippen LogP contribution < -0.4 is 4.90 Å². The van der Waals surface area contributed by atoms with Gasteiger partial charge in [0.25, 0.3) is 0 Å². The molecule has 0 unspecified atom stereocenters. The maximum Gasteiger partial charge on any atom is 0.164 e. The van der Waals surface area contributed by atoms with E-state index in [1.165, 1.54) is 22.3 Å². The van der Waals surface area contributed by atoms with Gasteiger partial charge in [-0.1, -0.05) is 47.7 Å². The van der Waals surface area contributed by atoms with Crippen molar-refractivity contribution in [2.24, 2.45) is 4.99 Å². The van der Waals surface area contributed by atoms with Crippen LogP contribution in [0.3, 0.4) is 0 Å². The van der Waals surface area contributed by atoms with Crippen LogP contribution in [0.25, 0.3) is 0 Å². The Bertz CT molecular complexity index is 997. The summed E-state index contributed by atoms with van der Waals surface area (Å²) in [5.74, 6) is 1.17. The van der Waals surface area contributed by atoms with E-state index in [9.17, 15) is 8.42 Å². The first kappa shape index (κ1) is 18.6. The molecule has 2 aromatic rings. The highest BCUT2D eigenvalue weighted by Gasteiger charge is 2.47. The fraction of sp³-hybridized carbons (Fsp3) is 0.381. The molecule has 1 fully saturated rings. The quantitative estimate of drug-likeness (QED) is 0.784. The van der Waals surface area contributed by atoms with E-state index in [0.717, 1.165) is 16.6 Å². The molecule has 2 aliphatic heterocycles. The minimum atomic E-state index is -3.01. The highest BCUT2D eigenvalue weighted by atomic mass is 32.2. The number of fused-ring (bicyclic) bond motifs is 1. The fourth-order valence-corrected chi connectivity index (χ4v) is 6.59. The summed E-state index contributed by atoms with van der Waals surface area (Å²) in [5.41, 5.74) is 6.06. The van der Waals surface area contributed by atoms with Crippen LogP contribution >= 0.6 is 11.8 Å². The predicted molar refractivity (Wildman–Crippen MR) is 115 cm³/mol. The highest BCUT2D eigenvalue weighted by Crippen LogP contribution is 2.36. The first-order valence-electron chi connectivity index (χ1n) is 9.15. The molecule has 0 saturated carbocycles. The number of hydrogen-bond donors (Lipinski definition) is 0. The summed E-state index contributed by atoms with van der Waals surface area (Å²) in [6.07, 6.45) is 0. The van der Waals surface area contributed by atoms with E-state index in [4.69, 9.17) is 4.99 Å². The number of thioether (sulfide) groups is 1. The molecule has 142 valence electrons. The van der Waals surface area contributed by atoms with Gasteiger partial charge in [-0.05, 0) is 49.6 Å². The van der Waals surface area contributed by atoms with E-state index in [1.807, 2.05) is 0 Å². The van der Waals surface area contributed by atoms with Crippen molar-refractivity contribution in [1.29, 1.82) is 0 Å². The second-order valence-corrected chi connectivity index (χ2v) is 10.6. The fourth-order valence-electron chi connectivity index (χ4n) is 3.68. The molecule has 2 atom stereocenters. The topological polar surface area (TPSA) is 49.7 Å². The van der Waals surface area contributed by atoms with Gasteiger partial charge in [-0.15, -0.1) is 0 Å². The summed E-state index contributed by atoms with van der Waals surface area (Å²) in [7, 11) is -3.01. The van der Waals surface area contributed by atoms with Gasteiger partial charge >= 0.3 is 0 Å². The van der Waals surface area contributed by atoms with Gasteiger partial charge in [-0.3, -0.25) is 4.99 Å². The van der Waals surface area contributed by atoms with Crippen LogP contribution in [0.2, 0.25) is 0 Å². The Hall–Kier alpha value is -1.79. The van der Waals surface area contributed by atoms with E-state index >= 15 is 0 Å². The van der Waals surface area contributed by atoms with Gasteiger partial charge in [0.15, 0.2) is 15.0 Å². The van der Waals surface area contributed by atoms with Crippen molar-refractivity contribution in [3.05, 3.63) is 64.7 Å². The molecule has 4 nitrogen and oxygen atoms in total. The molecular formula is C21H24N2O2S2. The summed E-state index contributed by atoms with van der Waals surface area (Å²) in [6, 6.07) is 14.6. The summed E-state index contributed by atoms with van der Waals surface area (Å²) in [6.45, 7) is 6.30. The Morgan fingerprint density at radius 2 is 1.78 bits per heavy atom. The van der Waals surface area contributed by atoms with Crippen molar-refractivity contribution in [3.63, 3.8) is 0 Å². The second-order valence-electron chi connectivity index (χ2n) is 7.54. The van der Waals surface area contributed by atoms with E-state index in [0.29, 0.717) is 0 Å². The molecule has 0 N–H and O–H groups in total. The second kappa shape index (κ2) is 6.99. The Labute approximate surface area is 165 Å². The largest absolute Gasteiger partial charge is 0.315 e. The number of anilines is 1. The van der Waals surface area contributed by atoms with Gasteiger partial charge in [0.05, 0.1) is 23.6 Å². The number of sulfone groups is 1. The number of amidine groups is 1. The standard InChI is InChI=1S/C21H24N2O2S2/c1-14-4-8-18(9-5-14)23-20-13-27(24,25)12-19(20)22-21(23)26-11-17-7-6-15(2)16(3)10-17/h4-10,19-20H,11-13H2,1-3H3/t19-,20+/m1/s1. The lowest BCUT2D eigenvalue weighted by Gasteiger charge is -2.26. The Kier molecular flexibility index (Phi) is 4.80. The number of rotatable bonds is 3. The van der Waals surface area contributed by atoms with Crippen LogP contribution in [0.4, 0.5) is 5.69 Å². The van der Waals surface area contributed by atoms with Gasteiger partial charge in [-0.2, -0.15) is 0 Å². The molecule has 27 heavy (non-hydrogen) atoms. The monoisotopic (exact) mass is 400 g/mol. The summed E-state index contributed by atoms with van der Waals surface area (Å²) in [5, 5.41) is 0.932. The highest BCUT2D eigenvalue weighted by molar-refractivity contribution is 8.13. The van der Waals surface area contributed by atoms with Crippen LogP contribution in [-0.2, 0) is 15.6 Å². The van der Waals surface area contributed by atoms with E-state index < -0.39 is 9.84 Å². The van der Waals surface area contributed by atoms with Crippen LogP contribution in [0, 0.1) is 20.8 Å². The smallest absolute Gasteiger partial charge is 0.164 e. The first-order chi connectivity index (χ1) is 12.8. The summed E-state index contributed by atoms with van der Waals surface area (Å²) in [4.78, 5) is 6.95. The third-order valence-corrected chi connectivity index (χ3v) is 8.10. The van der Waals surface area contributed by atoms with E-state index in [2.05, 4.69) is 68.1 Å². The van der Waals surface area contributed by atoms with Gasteiger partial charge in [-0.25, -0.2) is 8.42 Å². The summed E-state index contributed by atoms with van der Waals surface area (Å²) < 4.78 is 24.3. The molecule has 4 rings (SSSR count). The number of hydrogen-bond acceptors (Lipinski definition) is 5. The molecular weight excluding hydrogens is 376 g/mol. The molecule has 2 aliphatic rings. The number of benzene rings is 2. The molecule has 0 spiro atoms. The maximum atomic E-state index is 12.1. The zero-order valence-corrected chi connectivity index (χ0v) is 17.5. The van der Waals surface area contributed by atoms with Crippen LogP contribution in [0.15, 0.2) is 47.5 Å². The van der Waals surface area contributed by atoms with Gasteiger partial charge in [0.2, 0.25) is 0 Å². The van der Waals surface area contributed by atoms with Crippen LogP contribution in [0.1, 0.15) is 22.3 Å². The lowest BCUT2D eigenvalue weighted by Crippen LogP contribution is -2.39. The van der Waals surface area contributed by atoms with Crippen molar-refractivity contribution < 1.29 is 8.42 Å². The minimum Gasteiger partial charge on any atom is -0.315 e. The average molecular weight is 401 g/mol. The number of aliphatic imine (C=N–C) groups is 1. The van der Waals surface area contributed by atoms with Gasteiger partial charge in [0.1, 0.15) is 0 Å². The van der Waals surface area contributed by atoms with Crippen molar-refractivity contribution in [1.82, 2.24) is 0 Å². The molecule has 1 saturated heterocycles. The maximum absolute atomic E-state index is 12.1. The van der Waals surface area contributed by atoms with Crippen molar-refractivity contribution in [3.8, 4) is 0 Å². The van der Waals surface area contributed by atoms with Crippen molar-refractivity contribution in [2.45, 2.75) is 38.6 Å². The van der Waals surface area contributed by atoms with Crippen LogP contribution in [0.5, 0.6) is 0 Å². The van der Waals surface area contributed by atoms with Crippen molar-refractivity contribution in [2.75, 3.05) is 16.4 Å². The molecule has 2 aromatic carbocycles. The lowest BCUT2D eigenvalue weighted by molar-refractivity contribution is 0.601. The SMILES string of the molecule is Cc1ccc(N2C(SCc3ccc(C)c(C)c3)=N[C@@H]3CS(=O)(=O)C[C@@H]32)cc1. The number of aryl methyl sites for hydroxylation is 3. The predicted octanol–water partition coefficient (Wildman–Crippen LogP) is 3.89. The normalized spacial score (nSPS) is 23.4. The molecule has 0 aliphatic carbocycles. The molecule has 6 heteroatoms. The molecule has 0 bridgehead atoms. The average Bonchev–Trinajstić information content (AvgIpc) is 3.08. The van der Waals surface area contributed by atoms with Crippen LogP contribution in [-0.4, -0.2) is 37.2 Å². The minimum absolute atomic E-state index is 0.0834.